The second kappa shape index (κ2) is 14.5. The topological polar surface area (TPSA) is 161 Å². The predicted octanol–water partition coefficient (Wildman–Crippen LogP) is 4.16. The molecular formula is C29H35Cl2N9O2. The van der Waals surface area contributed by atoms with Crippen LogP contribution in [0.2, 0.25) is 0 Å². The van der Waals surface area contributed by atoms with Crippen LogP contribution in [0.1, 0.15) is 16.8 Å². The Morgan fingerprint density at radius 1 is 0.881 bits per heavy atom. The Hall–Kier alpha value is -4.32. The second-order valence-corrected chi connectivity index (χ2v) is 9.76. The first-order valence-electron chi connectivity index (χ1n) is 13.1. The van der Waals surface area contributed by atoms with E-state index in [1.807, 2.05) is 48.5 Å². The van der Waals surface area contributed by atoms with E-state index in [0.29, 0.717) is 31.1 Å². The minimum Gasteiger partial charge on any atom is -0.493 e. The van der Waals surface area contributed by atoms with Gasteiger partial charge in [-0.2, -0.15) is 0 Å². The minimum atomic E-state index is -0.207. The van der Waals surface area contributed by atoms with E-state index in [4.69, 9.17) is 25.8 Å². The molecular weight excluding hydrogens is 577 g/mol. The van der Waals surface area contributed by atoms with E-state index in [9.17, 15) is 4.79 Å². The van der Waals surface area contributed by atoms with E-state index >= 15 is 0 Å². The molecule has 0 aliphatic rings. The lowest BCUT2D eigenvalue weighted by Gasteiger charge is -2.10. The number of H-pyrrole nitrogens is 2. The van der Waals surface area contributed by atoms with Crippen molar-refractivity contribution in [3.63, 3.8) is 0 Å². The van der Waals surface area contributed by atoms with Gasteiger partial charge in [0.2, 0.25) is 0 Å². The van der Waals surface area contributed by atoms with Gasteiger partial charge in [-0.1, -0.05) is 24.3 Å². The molecule has 222 valence electrons. The van der Waals surface area contributed by atoms with Gasteiger partial charge in [0.25, 0.3) is 5.91 Å². The van der Waals surface area contributed by atoms with Crippen molar-refractivity contribution in [2.45, 2.75) is 6.42 Å². The highest BCUT2D eigenvalue weighted by Gasteiger charge is 2.12. The maximum absolute atomic E-state index is 12.5. The first kappa shape index (κ1) is 32.2. The average molecular weight is 613 g/mol. The van der Waals surface area contributed by atoms with Gasteiger partial charge in [-0.15, -0.1) is 24.8 Å². The van der Waals surface area contributed by atoms with Gasteiger partial charge in [0.1, 0.15) is 17.4 Å². The molecule has 0 aliphatic heterocycles. The molecule has 0 fully saturated rings. The van der Waals surface area contributed by atoms with Crippen LogP contribution in [0.5, 0.6) is 5.75 Å². The number of hydrogen-bond donors (Lipinski definition) is 6. The first-order valence-corrected chi connectivity index (χ1v) is 13.1. The highest BCUT2D eigenvalue weighted by Crippen LogP contribution is 2.27. The Labute approximate surface area is 256 Å². The van der Waals surface area contributed by atoms with Crippen LogP contribution in [-0.4, -0.2) is 77.0 Å². The van der Waals surface area contributed by atoms with Crippen LogP contribution in [0.4, 0.5) is 0 Å². The molecule has 7 N–H and O–H groups in total. The molecule has 0 bridgehead atoms. The second-order valence-electron chi connectivity index (χ2n) is 9.76. The summed E-state index contributed by atoms with van der Waals surface area (Å²) in [6.07, 6.45) is 0.967. The SMILES string of the molecule is CN(C)CCCOc1ccc2nc(-c3ccc(-c4nc5ccc(C(=O)NCCNC(=N)N)cc5[nH]4)cc3)[nH]c2c1.Cl.Cl. The van der Waals surface area contributed by atoms with Crippen LogP contribution in [0, 0.1) is 5.41 Å². The fourth-order valence-electron chi connectivity index (χ4n) is 4.33. The molecule has 2 heterocycles. The lowest BCUT2D eigenvalue weighted by molar-refractivity contribution is 0.0954. The molecule has 2 aromatic heterocycles. The Morgan fingerprint density at radius 2 is 1.45 bits per heavy atom. The molecule has 0 atom stereocenters. The van der Waals surface area contributed by atoms with Gasteiger partial charge in [-0.25, -0.2) is 9.97 Å². The molecule has 0 saturated carbocycles. The number of nitrogens with zero attached hydrogens (tertiary/aromatic N) is 3. The summed E-state index contributed by atoms with van der Waals surface area (Å²) >= 11 is 0. The molecule has 0 saturated heterocycles. The van der Waals surface area contributed by atoms with E-state index in [-0.39, 0.29) is 36.7 Å². The normalized spacial score (nSPS) is 10.7. The number of halogens is 2. The van der Waals surface area contributed by atoms with Crippen molar-refractivity contribution in [3.8, 4) is 28.5 Å². The molecule has 13 heteroatoms. The number of rotatable bonds is 11. The summed E-state index contributed by atoms with van der Waals surface area (Å²) in [4.78, 5) is 30.8. The van der Waals surface area contributed by atoms with Crippen LogP contribution in [0.3, 0.4) is 0 Å². The summed E-state index contributed by atoms with van der Waals surface area (Å²) in [6.45, 7) is 2.39. The number of fused-ring (bicyclic) bond motifs is 2. The number of guanidine groups is 1. The summed E-state index contributed by atoms with van der Waals surface area (Å²) in [6, 6.07) is 19.3. The van der Waals surface area contributed by atoms with Crippen molar-refractivity contribution in [1.82, 2.24) is 35.5 Å². The monoisotopic (exact) mass is 611 g/mol. The Kier molecular flexibility index (Phi) is 11.1. The van der Waals surface area contributed by atoms with Crippen molar-refractivity contribution < 1.29 is 9.53 Å². The van der Waals surface area contributed by atoms with Crippen molar-refractivity contribution in [2.24, 2.45) is 5.73 Å². The van der Waals surface area contributed by atoms with E-state index in [0.717, 1.165) is 57.7 Å². The zero-order chi connectivity index (χ0) is 28.1. The molecule has 5 aromatic rings. The molecule has 0 unspecified atom stereocenters. The largest absolute Gasteiger partial charge is 0.493 e. The summed E-state index contributed by atoms with van der Waals surface area (Å²) < 4.78 is 5.90. The van der Waals surface area contributed by atoms with Crippen molar-refractivity contribution in [2.75, 3.05) is 40.3 Å². The Morgan fingerprint density at radius 3 is 2.05 bits per heavy atom. The van der Waals surface area contributed by atoms with Gasteiger partial charge in [0.15, 0.2) is 5.96 Å². The van der Waals surface area contributed by atoms with Crippen LogP contribution in [0.15, 0.2) is 60.7 Å². The van der Waals surface area contributed by atoms with Crippen molar-refractivity contribution >= 4 is 58.7 Å². The fourth-order valence-corrected chi connectivity index (χ4v) is 4.33. The van der Waals surface area contributed by atoms with E-state index < -0.39 is 0 Å². The summed E-state index contributed by atoms with van der Waals surface area (Å²) in [7, 11) is 4.11. The number of ether oxygens (including phenoxy) is 1. The van der Waals surface area contributed by atoms with Gasteiger partial charge in [-0.05, 0) is 50.8 Å². The van der Waals surface area contributed by atoms with E-state index in [1.165, 1.54) is 0 Å². The highest BCUT2D eigenvalue weighted by atomic mass is 35.5. The van der Waals surface area contributed by atoms with Gasteiger partial charge in [0, 0.05) is 42.4 Å². The van der Waals surface area contributed by atoms with E-state index in [1.54, 1.807) is 12.1 Å². The van der Waals surface area contributed by atoms with Crippen LogP contribution in [0.25, 0.3) is 44.8 Å². The lowest BCUT2D eigenvalue weighted by atomic mass is 10.1. The number of benzene rings is 3. The van der Waals surface area contributed by atoms with Crippen LogP contribution < -0.4 is 21.1 Å². The highest BCUT2D eigenvalue weighted by molar-refractivity contribution is 5.97. The quantitative estimate of drug-likeness (QED) is 0.0742. The molecule has 1 amide bonds. The third kappa shape index (κ3) is 7.90. The summed E-state index contributed by atoms with van der Waals surface area (Å²) in [5.41, 5.74) is 11.0. The van der Waals surface area contributed by atoms with Crippen molar-refractivity contribution in [3.05, 3.63) is 66.2 Å². The minimum absolute atomic E-state index is 0. The number of imidazole rings is 2. The van der Waals surface area contributed by atoms with Crippen LogP contribution >= 0.6 is 24.8 Å². The lowest BCUT2D eigenvalue weighted by Crippen LogP contribution is -2.37. The number of carbonyl (C=O) groups excluding carboxylic acids is 1. The van der Waals surface area contributed by atoms with Gasteiger partial charge in [0.05, 0.1) is 28.7 Å². The number of aromatic amines is 2. The maximum atomic E-state index is 12.5. The molecule has 42 heavy (non-hydrogen) atoms. The molecule has 11 nitrogen and oxygen atoms in total. The molecule has 5 rings (SSSR count). The van der Waals surface area contributed by atoms with Gasteiger partial charge in [-0.3, -0.25) is 10.2 Å². The van der Waals surface area contributed by atoms with Gasteiger partial charge < -0.3 is 36.0 Å². The average Bonchev–Trinajstić information content (AvgIpc) is 3.57. The van der Waals surface area contributed by atoms with E-state index in [2.05, 4.69) is 39.6 Å². The summed E-state index contributed by atoms with van der Waals surface area (Å²) in [5, 5.41) is 12.6. The standard InChI is InChI=1S/C29H33N9O2.2ClH/c1-38(2)14-3-15-40-21-9-11-23-25(17-21)37-27(35-23)19-6-4-18(5-7-19)26-34-22-10-8-20(16-24(22)36-26)28(39)32-12-13-33-29(30)31;;/h4-11,16-17H,3,12-15H2,1-2H3,(H,32,39)(H,34,36)(H,35,37)(H4,30,31,33);2*1H. The van der Waals surface area contributed by atoms with Crippen molar-refractivity contribution in [1.29, 1.82) is 5.41 Å². The Bertz CT molecular complexity index is 1650. The zero-order valence-electron chi connectivity index (χ0n) is 23.4. The molecule has 3 aromatic carbocycles. The number of aromatic nitrogens is 4. The smallest absolute Gasteiger partial charge is 0.251 e. The number of nitrogens with two attached hydrogens (primary N) is 1. The first-order chi connectivity index (χ1) is 19.4. The summed E-state index contributed by atoms with van der Waals surface area (Å²) in [5.74, 6) is 1.99. The number of carbonyl (C=O) groups is 1. The third-order valence-electron chi connectivity index (χ3n) is 6.37. The number of nitrogens with one attached hydrogen (secondary N) is 5. The number of amides is 1. The maximum Gasteiger partial charge on any atom is 0.251 e. The third-order valence-corrected chi connectivity index (χ3v) is 6.37. The molecule has 0 spiro atoms. The molecule has 0 aliphatic carbocycles. The van der Waals surface area contributed by atoms with Gasteiger partial charge >= 0.3 is 0 Å². The molecule has 0 radical (unpaired) electrons. The van der Waals surface area contributed by atoms with Crippen LogP contribution in [-0.2, 0) is 0 Å². The zero-order valence-corrected chi connectivity index (χ0v) is 25.0. The fraction of sp³-hybridized carbons (Fsp3) is 0.241. The number of hydrogen-bond acceptors (Lipinski definition) is 6. The Balaban J connectivity index is 0.00000242. The predicted molar refractivity (Wildman–Crippen MR) is 172 cm³/mol.